The van der Waals surface area contributed by atoms with E-state index < -0.39 is 30.3 Å². The van der Waals surface area contributed by atoms with Crippen molar-refractivity contribution in [2.45, 2.75) is 99.8 Å². The number of esters is 1. The summed E-state index contributed by atoms with van der Waals surface area (Å²) in [7, 11) is -4.37. The van der Waals surface area contributed by atoms with Crippen molar-refractivity contribution in [2.24, 2.45) is 0 Å². The third-order valence-electron chi connectivity index (χ3n) is 7.05. The van der Waals surface area contributed by atoms with E-state index in [2.05, 4.69) is 6.92 Å². The highest BCUT2D eigenvalue weighted by molar-refractivity contribution is 7.96. The first kappa shape index (κ1) is 31.7. The first-order valence-corrected chi connectivity index (χ1v) is 15.8. The molecule has 0 unspecified atom stereocenters. The minimum Gasteiger partial charge on any atom is -0.465 e. The van der Waals surface area contributed by atoms with Crippen LogP contribution in [0.4, 0.5) is 0 Å². The highest BCUT2D eigenvalue weighted by Gasteiger charge is 2.45. The van der Waals surface area contributed by atoms with E-state index >= 15 is 0 Å². The molecule has 208 valence electrons. The second kappa shape index (κ2) is 14.6. The fraction of sp³-hybridized carbons (Fsp3) is 0.531. The van der Waals surface area contributed by atoms with E-state index in [1.165, 1.54) is 25.7 Å². The van der Waals surface area contributed by atoms with Crippen molar-refractivity contribution in [3.8, 4) is 0 Å². The topological polar surface area (TPSA) is 77.5 Å². The van der Waals surface area contributed by atoms with Crippen LogP contribution in [-0.4, -0.2) is 29.8 Å². The zero-order valence-electron chi connectivity index (χ0n) is 24.4. The average Bonchev–Trinajstić information content (AvgIpc) is 2.81. The lowest BCUT2D eigenvalue weighted by Crippen LogP contribution is -2.22. The largest absolute Gasteiger partial charge is 0.465 e. The number of hydrogen-bond donors (Lipinski definition) is 0. The van der Waals surface area contributed by atoms with E-state index in [9.17, 15) is 18.9 Å². The number of carbonyl (C=O) groups is 3. The second-order valence-electron chi connectivity index (χ2n) is 10.8. The summed E-state index contributed by atoms with van der Waals surface area (Å²) in [6, 6.07) is 7.33. The number of hydrogen-bond acceptors (Lipinski definition) is 5. The van der Waals surface area contributed by atoms with Gasteiger partial charge < -0.3 is 9.30 Å². The molecule has 0 radical (unpaired) electrons. The van der Waals surface area contributed by atoms with Gasteiger partial charge in [-0.25, -0.2) is 0 Å². The quantitative estimate of drug-likeness (QED) is 0.128. The zero-order chi connectivity index (χ0) is 28.5. The van der Waals surface area contributed by atoms with Gasteiger partial charge in [0.2, 0.25) is 18.2 Å². The van der Waals surface area contributed by atoms with Gasteiger partial charge in [0.15, 0.2) is 0 Å². The Morgan fingerprint density at radius 2 is 1.00 bits per heavy atom. The van der Waals surface area contributed by atoms with E-state index in [0.29, 0.717) is 28.7 Å². The van der Waals surface area contributed by atoms with Crippen LogP contribution in [0.2, 0.25) is 0 Å². The number of unbranched alkanes of at least 4 members (excludes halogenated alkanes) is 7. The van der Waals surface area contributed by atoms with Gasteiger partial charge in [0, 0.05) is 11.1 Å². The van der Waals surface area contributed by atoms with Crippen LogP contribution in [0.5, 0.6) is 0 Å². The smallest absolute Gasteiger partial charge is 0.314 e. The van der Waals surface area contributed by atoms with Gasteiger partial charge in [0.1, 0.15) is 6.16 Å². The monoisotopic (exact) mass is 540 g/mol. The van der Waals surface area contributed by atoms with Gasteiger partial charge in [-0.05, 0) is 70.2 Å². The summed E-state index contributed by atoms with van der Waals surface area (Å²) < 4.78 is 19.9. The van der Waals surface area contributed by atoms with E-state index in [1.54, 1.807) is 27.7 Å². The summed E-state index contributed by atoms with van der Waals surface area (Å²) in [6.45, 7) is 13.3. The van der Waals surface area contributed by atoms with Gasteiger partial charge in [-0.2, -0.15) is 0 Å². The van der Waals surface area contributed by atoms with Crippen molar-refractivity contribution in [3.63, 3.8) is 0 Å². The molecule has 0 amide bonds. The Morgan fingerprint density at radius 3 is 1.39 bits per heavy atom. The van der Waals surface area contributed by atoms with Gasteiger partial charge in [-0.3, -0.25) is 14.4 Å². The number of carbonyl (C=O) groups excluding carboxylic acids is 3. The first-order chi connectivity index (χ1) is 17.9. The van der Waals surface area contributed by atoms with Gasteiger partial charge in [0.25, 0.3) is 0 Å². The van der Waals surface area contributed by atoms with E-state index in [4.69, 9.17) is 4.74 Å². The predicted octanol–water partition coefficient (Wildman–Crippen LogP) is 8.56. The molecule has 0 aromatic heterocycles. The Labute approximate surface area is 229 Å². The molecule has 6 heteroatoms. The molecule has 0 saturated heterocycles. The van der Waals surface area contributed by atoms with Crippen LogP contribution in [0, 0.1) is 41.5 Å². The third-order valence-corrected chi connectivity index (χ3v) is 9.51. The molecule has 0 atom stereocenters. The molecule has 2 aromatic carbocycles. The molecular weight excluding hydrogens is 495 g/mol. The van der Waals surface area contributed by atoms with Crippen LogP contribution in [-0.2, 0) is 14.1 Å². The molecule has 38 heavy (non-hydrogen) atoms. The molecule has 0 aliphatic heterocycles. The third kappa shape index (κ3) is 8.24. The molecule has 0 bridgehead atoms. The molecule has 0 aliphatic carbocycles. The van der Waals surface area contributed by atoms with Crippen LogP contribution in [0.3, 0.4) is 0 Å². The molecular formula is C32H45O5P. The molecule has 0 fully saturated rings. The maximum absolute atomic E-state index is 14.5. The highest BCUT2D eigenvalue weighted by Crippen LogP contribution is 2.53. The molecule has 0 spiro atoms. The Kier molecular flexibility index (Phi) is 12.2. The standard InChI is InChI=1S/C32H45O5P/c1-8-9-10-11-12-13-14-15-16-37-28(33)21-38(36,31(34)29-24(4)17-22(2)18-25(29)5)32(35)30-26(6)19-23(3)20-27(30)7/h17-20H,8-16,21H2,1-7H3. The van der Waals surface area contributed by atoms with Crippen LogP contribution in [0.15, 0.2) is 24.3 Å². The molecule has 0 aliphatic rings. The number of ether oxygens (including phenoxy) is 1. The maximum atomic E-state index is 14.5. The summed E-state index contributed by atoms with van der Waals surface area (Å²) in [5, 5.41) is 0. The lowest BCUT2D eigenvalue weighted by atomic mass is 10.0. The zero-order valence-corrected chi connectivity index (χ0v) is 25.3. The van der Waals surface area contributed by atoms with Crippen molar-refractivity contribution >= 4 is 24.2 Å². The molecule has 2 rings (SSSR count). The summed E-state index contributed by atoms with van der Waals surface area (Å²) in [6.07, 6.45) is 8.12. The van der Waals surface area contributed by atoms with Crippen LogP contribution < -0.4 is 0 Å². The summed E-state index contributed by atoms with van der Waals surface area (Å²) in [5.74, 6) is -0.761. The van der Waals surface area contributed by atoms with Gasteiger partial charge in [-0.1, -0.05) is 87.3 Å². The maximum Gasteiger partial charge on any atom is 0.314 e. The van der Waals surface area contributed by atoms with E-state index in [1.807, 2.05) is 38.1 Å². The number of benzene rings is 2. The fourth-order valence-electron chi connectivity index (χ4n) is 5.28. The summed E-state index contributed by atoms with van der Waals surface area (Å²) >= 11 is 0. The lowest BCUT2D eigenvalue weighted by Gasteiger charge is -2.20. The SMILES string of the molecule is CCCCCCCCCCOC(=O)CP(=O)(C(=O)c1c(C)cc(C)cc1C)C(=O)c1c(C)cc(C)cc1C. The van der Waals surface area contributed by atoms with Crippen molar-refractivity contribution in [1.82, 2.24) is 0 Å². The van der Waals surface area contributed by atoms with Gasteiger partial charge in [-0.15, -0.1) is 0 Å². The molecule has 5 nitrogen and oxygen atoms in total. The minimum absolute atomic E-state index is 0.196. The fourth-order valence-corrected chi connectivity index (χ4v) is 7.64. The second-order valence-corrected chi connectivity index (χ2v) is 13.4. The Balaban J connectivity index is 2.26. The van der Waals surface area contributed by atoms with Crippen LogP contribution in [0.1, 0.15) is 112 Å². The summed E-state index contributed by atoms with van der Waals surface area (Å²) in [5.41, 5.74) is 3.49. The Bertz CT molecular complexity index is 1090. The molecule has 0 saturated carbocycles. The van der Waals surface area contributed by atoms with E-state index in [0.717, 1.165) is 30.4 Å². The van der Waals surface area contributed by atoms with Crippen molar-refractivity contribution in [2.75, 3.05) is 12.8 Å². The molecule has 0 heterocycles. The van der Waals surface area contributed by atoms with Crippen molar-refractivity contribution in [3.05, 3.63) is 68.8 Å². The summed E-state index contributed by atoms with van der Waals surface area (Å²) in [4.78, 5) is 40.7. The first-order valence-electron chi connectivity index (χ1n) is 13.9. The van der Waals surface area contributed by atoms with Crippen LogP contribution >= 0.6 is 7.14 Å². The van der Waals surface area contributed by atoms with Gasteiger partial charge in [0.05, 0.1) is 6.61 Å². The average molecular weight is 541 g/mol. The van der Waals surface area contributed by atoms with Crippen LogP contribution in [0.25, 0.3) is 0 Å². The minimum atomic E-state index is -4.37. The Hall–Kier alpha value is -2.52. The highest BCUT2D eigenvalue weighted by atomic mass is 31.2. The number of aryl methyl sites for hydroxylation is 6. The molecule has 0 N–H and O–H groups in total. The van der Waals surface area contributed by atoms with E-state index in [-0.39, 0.29) is 17.7 Å². The number of rotatable bonds is 15. The Morgan fingerprint density at radius 1 is 0.632 bits per heavy atom. The molecule has 2 aromatic rings. The van der Waals surface area contributed by atoms with Crippen molar-refractivity contribution in [1.29, 1.82) is 0 Å². The predicted molar refractivity (Wildman–Crippen MR) is 156 cm³/mol. The lowest BCUT2D eigenvalue weighted by molar-refractivity contribution is -0.140. The van der Waals surface area contributed by atoms with Crippen molar-refractivity contribution < 1.29 is 23.7 Å². The van der Waals surface area contributed by atoms with Gasteiger partial charge >= 0.3 is 5.97 Å². The normalized spacial score (nSPS) is 11.4.